The topological polar surface area (TPSA) is 69.7 Å². The first-order chi connectivity index (χ1) is 15.2. The Morgan fingerprint density at radius 2 is 1.90 bits per heavy atom. The lowest BCUT2D eigenvalue weighted by Gasteiger charge is -2.10. The molecule has 0 aliphatic carbocycles. The van der Waals surface area contributed by atoms with Gasteiger partial charge in [-0.25, -0.2) is 4.98 Å². The fourth-order valence-corrected chi connectivity index (χ4v) is 5.35. The Kier molecular flexibility index (Phi) is 6.69. The predicted molar refractivity (Wildman–Crippen MR) is 129 cm³/mol. The standard InChI is InChI=1S/C24H14BrN3OS2/c25-20-12-16(9-10-22(20)29-15-18-6-2-1-5-17(18)13-26)11-19(14-27)30-24-28-21-7-3-4-8-23(21)31-24/h1-12H,15H2/b19-11+. The zero-order chi connectivity index (χ0) is 21.6. The van der Waals surface area contributed by atoms with Gasteiger partial charge in [0.2, 0.25) is 0 Å². The minimum atomic E-state index is 0.300. The Bertz CT molecular complexity index is 1330. The molecule has 0 fully saturated rings. The molecule has 4 aromatic rings. The van der Waals surface area contributed by atoms with Crippen molar-refractivity contribution in [3.63, 3.8) is 0 Å². The van der Waals surface area contributed by atoms with E-state index in [0.717, 1.165) is 30.2 Å². The van der Waals surface area contributed by atoms with Crippen LogP contribution in [0.1, 0.15) is 16.7 Å². The zero-order valence-electron chi connectivity index (χ0n) is 16.1. The van der Waals surface area contributed by atoms with E-state index in [1.807, 2.05) is 66.7 Å². The van der Waals surface area contributed by atoms with Crippen LogP contribution in [0.5, 0.6) is 5.75 Å². The molecule has 1 heterocycles. The number of fused-ring (bicyclic) bond motifs is 1. The highest BCUT2D eigenvalue weighted by Crippen LogP contribution is 2.35. The van der Waals surface area contributed by atoms with E-state index in [2.05, 4.69) is 33.1 Å². The number of ether oxygens (including phenoxy) is 1. The van der Waals surface area contributed by atoms with Crippen molar-refractivity contribution < 1.29 is 4.74 Å². The number of hydrogen-bond acceptors (Lipinski definition) is 6. The average Bonchev–Trinajstić information content (AvgIpc) is 3.20. The van der Waals surface area contributed by atoms with E-state index >= 15 is 0 Å². The molecule has 0 N–H and O–H groups in total. The number of rotatable bonds is 6. The number of hydrogen-bond donors (Lipinski definition) is 0. The number of allylic oxidation sites excluding steroid dienone is 1. The molecule has 150 valence electrons. The third-order valence-electron chi connectivity index (χ3n) is 4.36. The van der Waals surface area contributed by atoms with Gasteiger partial charge in [0, 0.05) is 5.56 Å². The quantitative estimate of drug-likeness (QED) is 0.206. The second kappa shape index (κ2) is 9.80. The minimum absolute atomic E-state index is 0.300. The van der Waals surface area contributed by atoms with Crippen LogP contribution >= 0.6 is 39.0 Å². The van der Waals surface area contributed by atoms with Crippen LogP contribution in [0.4, 0.5) is 0 Å². The molecular formula is C24H14BrN3OS2. The van der Waals surface area contributed by atoms with Crippen molar-refractivity contribution in [1.29, 1.82) is 10.5 Å². The molecule has 31 heavy (non-hydrogen) atoms. The van der Waals surface area contributed by atoms with Gasteiger partial charge in [-0.05, 0) is 69.7 Å². The number of aromatic nitrogens is 1. The average molecular weight is 504 g/mol. The summed E-state index contributed by atoms with van der Waals surface area (Å²) in [5.41, 5.74) is 3.25. The number of nitriles is 2. The van der Waals surface area contributed by atoms with Crippen molar-refractivity contribution in [2.24, 2.45) is 0 Å². The number of thioether (sulfide) groups is 1. The predicted octanol–water partition coefficient (Wildman–Crippen LogP) is 7.17. The van der Waals surface area contributed by atoms with Gasteiger partial charge in [-0.3, -0.25) is 0 Å². The molecule has 0 bridgehead atoms. The molecular weight excluding hydrogens is 490 g/mol. The molecule has 0 amide bonds. The zero-order valence-corrected chi connectivity index (χ0v) is 19.3. The highest BCUT2D eigenvalue weighted by atomic mass is 79.9. The van der Waals surface area contributed by atoms with E-state index < -0.39 is 0 Å². The van der Waals surface area contributed by atoms with Crippen LogP contribution < -0.4 is 4.74 Å². The van der Waals surface area contributed by atoms with Crippen LogP contribution in [0.2, 0.25) is 0 Å². The molecule has 0 unspecified atom stereocenters. The molecule has 0 radical (unpaired) electrons. The molecule has 0 saturated carbocycles. The van der Waals surface area contributed by atoms with Crippen molar-refractivity contribution >= 4 is 55.3 Å². The van der Waals surface area contributed by atoms with E-state index in [1.165, 1.54) is 11.8 Å². The van der Waals surface area contributed by atoms with Gasteiger partial charge in [-0.1, -0.05) is 36.4 Å². The monoisotopic (exact) mass is 503 g/mol. The first-order valence-electron chi connectivity index (χ1n) is 9.22. The lowest BCUT2D eigenvalue weighted by molar-refractivity contribution is 0.304. The van der Waals surface area contributed by atoms with E-state index in [9.17, 15) is 10.5 Å². The Morgan fingerprint density at radius 3 is 2.68 bits per heavy atom. The molecule has 0 aliphatic heterocycles. The summed E-state index contributed by atoms with van der Waals surface area (Å²) in [4.78, 5) is 5.14. The van der Waals surface area contributed by atoms with Gasteiger partial charge in [0.15, 0.2) is 4.34 Å². The van der Waals surface area contributed by atoms with Crippen molar-refractivity contribution in [2.75, 3.05) is 0 Å². The number of thiazole rings is 1. The van der Waals surface area contributed by atoms with E-state index in [1.54, 1.807) is 17.4 Å². The third-order valence-corrected chi connectivity index (χ3v) is 7.00. The lowest BCUT2D eigenvalue weighted by atomic mass is 10.1. The van der Waals surface area contributed by atoms with Crippen LogP contribution in [0.3, 0.4) is 0 Å². The Morgan fingerprint density at radius 1 is 1.10 bits per heavy atom. The van der Waals surface area contributed by atoms with Gasteiger partial charge in [-0.15, -0.1) is 11.3 Å². The van der Waals surface area contributed by atoms with E-state index in [0.29, 0.717) is 22.8 Å². The van der Waals surface area contributed by atoms with Crippen LogP contribution in [0.25, 0.3) is 16.3 Å². The van der Waals surface area contributed by atoms with Gasteiger partial charge < -0.3 is 4.74 Å². The van der Waals surface area contributed by atoms with Crippen molar-refractivity contribution in [3.05, 3.63) is 92.8 Å². The Balaban J connectivity index is 1.49. The first-order valence-corrected chi connectivity index (χ1v) is 11.6. The largest absolute Gasteiger partial charge is 0.488 e. The number of halogens is 1. The van der Waals surface area contributed by atoms with Crippen molar-refractivity contribution in [1.82, 2.24) is 4.98 Å². The summed E-state index contributed by atoms with van der Waals surface area (Å²) in [5.74, 6) is 0.669. The fourth-order valence-electron chi connectivity index (χ4n) is 2.86. The number of benzene rings is 3. The van der Waals surface area contributed by atoms with Gasteiger partial charge in [0.05, 0.1) is 31.2 Å². The maximum atomic E-state index is 9.58. The van der Waals surface area contributed by atoms with Crippen molar-refractivity contribution in [2.45, 2.75) is 10.9 Å². The SMILES string of the molecule is N#C/C(=C\c1ccc(OCc2ccccc2C#N)c(Br)c1)Sc1nc2ccccc2s1. The molecule has 4 rings (SSSR count). The summed E-state index contributed by atoms with van der Waals surface area (Å²) >= 11 is 6.47. The summed E-state index contributed by atoms with van der Waals surface area (Å²) in [5, 5.41) is 18.8. The van der Waals surface area contributed by atoms with Crippen LogP contribution in [-0.2, 0) is 6.61 Å². The molecule has 1 aromatic heterocycles. The fraction of sp³-hybridized carbons (Fsp3) is 0.0417. The van der Waals surface area contributed by atoms with Gasteiger partial charge in [0.1, 0.15) is 18.4 Å². The highest BCUT2D eigenvalue weighted by Gasteiger charge is 2.09. The molecule has 0 aliphatic rings. The summed E-state index contributed by atoms with van der Waals surface area (Å²) < 4.78 is 8.60. The minimum Gasteiger partial charge on any atom is -0.488 e. The van der Waals surface area contributed by atoms with Gasteiger partial charge >= 0.3 is 0 Å². The molecule has 0 spiro atoms. The molecule has 4 nitrogen and oxygen atoms in total. The van der Waals surface area contributed by atoms with Crippen LogP contribution in [0, 0.1) is 22.7 Å². The summed E-state index contributed by atoms with van der Waals surface area (Å²) in [6.45, 7) is 0.300. The second-order valence-corrected chi connectivity index (χ2v) is 9.59. The second-order valence-electron chi connectivity index (χ2n) is 6.42. The van der Waals surface area contributed by atoms with Crippen LogP contribution in [0.15, 0.2) is 80.4 Å². The Labute approximate surface area is 196 Å². The molecule has 7 heteroatoms. The first kappa shape index (κ1) is 21.1. The maximum absolute atomic E-state index is 9.58. The van der Waals surface area contributed by atoms with Gasteiger partial charge in [0.25, 0.3) is 0 Å². The molecule has 0 saturated heterocycles. The third kappa shape index (κ3) is 5.15. The normalized spacial score (nSPS) is 11.1. The number of para-hydroxylation sites is 1. The smallest absolute Gasteiger partial charge is 0.156 e. The Hall–Kier alpha value is -3.10. The van der Waals surface area contributed by atoms with E-state index in [-0.39, 0.29) is 0 Å². The summed E-state index contributed by atoms with van der Waals surface area (Å²) in [7, 11) is 0. The van der Waals surface area contributed by atoms with E-state index in [4.69, 9.17) is 4.74 Å². The maximum Gasteiger partial charge on any atom is 0.156 e. The molecule has 3 aromatic carbocycles. The number of nitrogens with zero attached hydrogens (tertiary/aromatic N) is 3. The summed E-state index contributed by atoms with van der Waals surface area (Å²) in [6.07, 6.45) is 1.83. The van der Waals surface area contributed by atoms with Gasteiger partial charge in [-0.2, -0.15) is 10.5 Å². The van der Waals surface area contributed by atoms with Crippen molar-refractivity contribution in [3.8, 4) is 17.9 Å². The highest BCUT2D eigenvalue weighted by molar-refractivity contribution is 9.10. The molecule has 0 atom stereocenters. The van der Waals surface area contributed by atoms with Crippen LogP contribution in [-0.4, -0.2) is 4.98 Å². The lowest BCUT2D eigenvalue weighted by Crippen LogP contribution is -1.98. The summed E-state index contributed by atoms with van der Waals surface area (Å²) in [6, 6.07) is 25.4.